The second kappa shape index (κ2) is 6.76. The fourth-order valence-electron chi connectivity index (χ4n) is 1.82. The molecule has 0 saturated heterocycles. The number of hydrogen-bond donors (Lipinski definition) is 1. The molecule has 22 heavy (non-hydrogen) atoms. The number of sulfone groups is 1. The molecule has 1 N–H and O–H groups in total. The summed E-state index contributed by atoms with van der Waals surface area (Å²) >= 11 is 0. The topological polar surface area (TPSA) is 72.1 Å². The van der Waals surface area contributed by atoms with E-state index in [4.69, 9.17) is 4.74 Å². The molecule has 2 rings (SSSR count). The van der Waals surface area contributed by atoms with Crippen molar-refractivity contribution < 1.29 is 13.2 Å². The summed E-state index contributed by atoms with van der Waals surface area (Å²) in [5.41, 5.74) is 0.602. The van der Waals surface area contributed by atoms with E-state index in [0.717, 1.165) is 6.04 Å². The van der Waals surface area contributed by atoms with E-state index in [9.17, 15) is 8.42 Å². The van der Waals surface area contributed by atoms with Crippen LogP contribution in [0.5, 0.6) is 0 Å². The average molecular weight is 339 g/mol. The smallest absolute Gasteiger partial charge is 0.239 e. The van der Waals surface area contributed by atoms with Gasteiger partial charge in [-0.25, -0.2) is 13.4 Å². The maximum atomic E-state index is 12.4. The highest BCUT2D eigenvalue weighted by atomic mass is 32.2. The van der Waals surface area contributed by atoms with E-state index in [1.807, 2.05) is 0 Å². The second-order valence-electron chi connectivity index (χ2n) is 6.38. The van der Waals surface area contributed by atoms with Crippen molar-refractivity contribution in [1.29, 1.82) is 0 Å². The molecule has 1 aromatic heterocycles. The Hall–Kier alpha value is -1.44. The first kappa shape index (κ1) is 16.9. The van der Waals surface area contributed by atoms with Gasteiger partial charge in [0.2, 0.25) is 15.0 Å². The van der Waals surface area contributed by atoms with Crippen LogP contribution >= 0.6 is 0 Å². The van der Waals surface area contributed by atoms with Crippen molar-refractivity contribution in [1.82, 2.24) is 9.97 Å². The highest BCUT2D eigenvalue weighted by Gasteiger charge is 2.21. The summed E-state index contributed by atoms with van der Waals surface area (Å²) in [4.78, 5) is 7.10. The van der Waals surface area contributed by atoms with Crippen LogP contribution in [0, 0.1) is 0 Å². The van der Waals surface area contributed by atoms with Crippen molar-refractivity contribution in [3.05, 3.63) is 42.2 Å². The van der Waals surface area contributed by atoms with Crippen LogP contribution < -0.4 is 0 Å². The molecule has 0 amide bonds. The molecule has 0 radical (unpaired) electrons. The number of benzene rings is 1. The van der Waals surface area contributed by atoms with E-state index in [1.165, 1.54) is 0 Å². The third-order valence-electron chi connectivity index (χ3n) is 3.16. The lowest BCUT2D eigenvalue weighted by Gasteiger charge is -2.14. The van der Waals surface area contributed by atoms with Crippen LogP contribution in [-0.4, -0.2) is 33.1 Å². The third-order valence-corrected chi connectivity index (χ3v) is 6.48. The van der Waals surface area contributed by atoms with Crippen LogP contribution in [0.2, 0.25) is 25.7 Å². The number of H-pyrrole nitrogens is 1. The van der Waals surface area contributed by atoms with Gasteiger partial charge in [0.1, 0.15) is 0 Å². The van der Waals surface area contributed by atoms with Crippen LogP contribution in [-0.2, 0) is 21.2 Å². The summed E-state index contributed by atoms with van der Waals surface area (Å²) < 4.78 is 30.3. The summed E-state index contributed by atoms with van der Waals surface area (Å²) in [5, 5.41) is -0.0394. The van der Waals surface area contributed by atoms with Gasteiger partial charge in [0.25, 0.3) is 0 Å². The predicted octanol–water partition coefficient (Wildman–Crippen LogP) is 3.10. The molecule has 0 atom stereocenters. The normalized spacial score (nSPS) is 12.5. The quantitative estimate of drug-likeness (QED) is 0.622. The fourth-order valence-corrected chi connectivity index (χ4v) is 3.76. The number of nitrogens with zero attached hydrogens (tertiary/aromatic N) is 1. The number of aromatic amines is 1. The monoisotopic (exact) mass is 338 g/mol. The second-order valence-corrected chi connectivity index (χ2v) is 13.9. The summed E-state index contributed by atoms with van der Waals surface area (Å²) in [6.07, 6.45) is 1.59. The Morgan fingerprint density at radius 3 is 2.50 bits per heavy atom. The number of nitrogens with one attached hydrogen (secondary N) is 1. The van der Waals surface area contributed by atoms with E-state index < -0.39 is 17.9 Å². The molecule has 0 aliphatic carbocycles. The molecule has 1 aromatic carbocycles. The number of imidazole rings is 1. The van der Waals surface area contributed by atoms with Crippen molar-refractivity contribution in [3.8, 4) is 0 Å². The van der Waals surface area contributed by atoms with Gasteiger partial charge < -0.3 is 9.72 Å². The largest absolute Gasteiger partial charge is 0.375 e. The van der Waals surface area contributed by atoms with Crippen molar-refractivity contribution in [2.75, 3.05) is 6.61 Å². The Morgan fingerprint density at radius 2 is 1.86 bits per heavy atom. The van der Waals surface area contributed by atoms with E-state index in [1.54, 1.807) is 36.5 Å². The summed E-state index contributed by atoms with van der Waals surface area (Å²) in [5.74, 6) is 0. The molecule has 0 bridgehead atoms. The first-order valence-corrected chi connectivity index (χ1v) is 12.4. The minimum absolute atomic E-state index is 0.0394. The lowest BCUT2D eigenvalue weighted by atomic mass is 10.4. The molecule has 0 saturated carbocycles. The Labute approximate surface area is 132 Å². The zero-order valence-electron chi connectivity index (χ0n) is 13.2. The Bertz CT molecular complexity index is 706. The van der Waals surface area contributed by atoms with Gasteiger partial charge in [-0.2, -0.15) is 0 Å². The SMILES string of the molecule is C[Si](C)(C)CCOCc1c[nH]c(S(=O)(=O)c2ccccc2)n1. The summed E-state index contributed by atoms with van der Waals surface area (Å²) in [6.45, 7) is 7.87. The van der Waals surface area contributed by atoms with Crippen LogP contribution in [0.25, 0.3) is 0 Å². The van der Waals surface area contributed by atoms with Gasteiger partial charge in [-0.1, -0.05) is 37.8 Å². The summed E-state index contributed by atoms with van der Waals surface area (Å²) in [7, 11) is -4.70. The van der Waals surface area contributed by atoms with Gasteiger partial charge in [0.05, 0.1) is 17.2 Å². The molecule has 5 nitrogen and oxygen atoms in total. The number of aromatic nitrogens is 2. The van der Waals surface area contributed by atoms with Crippen molar-refractivity contribution in [2.45, 2.75) is 42.3 Å². The maximum Gasteiger partial charge on any atom is 0.239 e. The standard InChI is InChI=1S/C15H22N2O3SSi/c1-22(2,3)10-9-20-12-13-11-16-15(17-13)21(18,19)14-7-5-4-6-8-14/h4-8,11H,9-10,12H2,1-3H3,(H,16,17). The van der Waals surface area contributed by atoms with Crippen LogP contribution in [0.1, 0.15) is 5.69 Å². The van der Waals surface area contributed by atoms with E-state index >= 15 is 0 Å². The molecule has 0 unspecified atom stereocenters. The Balaban J connectivity index is 2.00. The maximum absolute atomic E-state index is 12.4. The van der Waals surface area contributed by atoms with Crippen molar-refractivity contribution in [3.63, 3.8) is 0 Å². The van der Waals surface area contributed by atoms with Gasteiger partial charge in [-0.15, -0.1) is 0 Å². The zero-order chi connectivity index (χ0) is 16.2. The van der Waals surface area contributed by atoms with Gasteiger partial charge in [-0.05, 0) is 18.2 Å². The number of rotatable bonds is 7. The Kier molecular flexibility index (Phi) is 5.20. The number of ether oxygens (including phenoxy) is 1. The van der Waals surface area contributed by atoms with Crippen molar-refractivity contribution in [2.24, 2.45) is 0 Å². The van der Waals surface area contributed by atoms with Gasteiger partial charge in [0.15, 0.2) is 0 Å². The molecule has 2 aromatic rings. The minimum atomic E-state index is -3.59. The highest BCUT2D eigenvalue weighted by Crippen LogP contribution is 2.17. The molecule has 7 heteroatoms. The first-order chi connectivity index (χ1) is 10.3. The lowest BCUT2D eigenvalue weighted by molar-refractivity contribution is 0.130. The van der Waals surface area contributed by atoms with Crippen LogP contribution in [0.3, 0.4) is 0 Å². The van der Waals surface area contributed by atoms with E-state index in [0.29, 0.717) is 18.9 Å². The van der Waals surface area contributed by atoms with Gasteiger partial charge >= 0.3 is 0 Å². The van der Waals surface area contributed by atoms with Gasteiger partial charge in [-0.3, -0.25) is 0 Å². The molecular formula is C15H22N2O3SSi. The Morgan fingerprint density at radius 1 is 1.18 bits per heavy atom. The molecular weight excluding hydrogens is 316 g/mol. The molecule has 0 fully saturated rings. The minimum Gasteiger partial charge on any atom is -0.375 e. The van der Waals surface area contributed by atoms with E-state index in [2.05, 4.69) is 29.6 Å². The first-order valence-electron chi connectivity index (χ1n) is 7.21. The van der Waals surface area contributed by atoms with E-state index in [-0.39, 0.29) is 10.1 Å². The molecule has 120 valence electrons. The molecule has 0 spiro atoms. The molecule has 1 heterocycles. The van der Waals surface area contributed by atoms with Crippen molar-refractivity contribution >= 4 is 17.9 Å². The zero-order valence-corrected chi connectivity index (χ0v) is 15.0. The highest BCUT2D eigenvalue weighted by molar-refractivity contribution is 7.91. The van der Waals surface area contributed by atoms with Crippen LogP contribution in [0.4, 0.5) is 0 Å². The average Bonchev–Trinajstić information content (AvgIpc) is 2.93. The third kappa shape index (κ3) is 4.52. The fraction of sp³-hybridized carbons (Fsp3) is 0.400. The van der Waals surface area contributed by atoms with Gasteiger partial charge in [0, 0.05) is 20.9 Å². The predicted molar refractivity (Wildman–Crippen MR) is 88.3 cm³/mol. The lowest BCUT2D eigenvalue weighted by Crippen LogP contribution is -2.21. The summed E-state index contributed by atoms with van der Waals surface area (Å²) in [6, 6.07) is 9.35. The molecule has 0 aliphatic rings. The molecule has 0 aliphatic heterocycles. The van der Waals surface area contributed by atoms with Crippen LogP contribution in [0.15, 0.2) is 46.6 Å². The number of hydrogen-bond acceptors (Lipinski definition) is 4.